The van der Waals surface area contributed by atoms with Crippen molar-refractivity contribution >= 4 is 11.8 Å². The second-order valence-corrected chi connectivity index (χ2v) is 4.21. The van der Waals surface area contributed by atoms with Gasteiger partial charge in [0.2, 0.25) is 5.95 Å². The minimum absolute atomic E-state index is 0.483. The van der Waals surface area contributed by atoms with Gasteiger partial charge in [0.1, 0.15) is 5.82 Å². The lowest BCUT2D eigenvalue weighted by molar-refractivity contribution is -0.0543. The fourth-order valence-corrected chi connectivity index (χ4v) is 1.76. The number of aromatic nitrogens is 2. The van der Waals surface area contributed by atoms with E-state index in [-0.39, 0.29) is 0 Å². The first-order valence-electron chi connectivity index (χ1n) is 5.77. The Bertz CT molecular complexity index is 366. The van der Waals surface area contributed by atoms with Gasteiger partial charge in [-0.15, -0.1) is 0 Å². The average Bonchev–Trinajstić information content (AvgIpc) is 2.38. The van der Waals surface area contributed by atoms with Crippen LogP contribution in [0.5, 0.6) is 0 Å². The van der Waals surface area contributed by atoms with Gasteiger partial charge in [-0.2, -0.15) is 4.98 Å². The van der Waals surface area contributed by atoms with Crippen molar-refractivity contribution < 1.29 is 9.84 Å². The number of ether oxygens (including phenoxy) is 1. The molecule has 1 fully saturated rings. The predicted octanol–water partition coefficient (Wildman–Crippen LogP) is 0.472. The standard InChI is InChI=1S/C11H18N4O2/c1-12-10-13-5-2-9(15-10)14-8-11(16)3-6-17-7-4-11/h2,5,16H,3-4,6-8H2,1H3,(H2,12,13,14,15). The van der Waals surface area contributed by atoms with Crippen LogP contribution in [0.1, 0.15) is 12.8 Å². The molecule has 0 aliphatic carbocycles. The van der Waals surface area contributed by atoms with Crippen molar-refractivity contribution in [3.8, 4) is 0 Å². The Morgan fingerprint density at radius 1 is 1.47 bits per heavy atom. The third kappa shape index (κ3) is 3.28. The van der Waals surface area contributed by atoms with E-state index in [0.29, 0.717) is 44.4 Å². The van der Waals surface area contributed by atoms with E-state index >= 15 is 0 Å². The van der Waals surface area contributed by atoms with Crippen LogP contribution < -0.4 is 10.6 Å². The number of aliphatic hydroxyl groups is 1. The lowest BCUT2D eigenvalue weighted by atomic mass is 9.94. The fraction of sp³-hybridized carbons (Fsp3) is 0.636. The maximum absolute atomic E-state index is 10.3. The first kappa shape index (κ1) is 12.1. The summed E-state index contributed by atoms with van der Waals surface area (Å²) in [4.78, 5) is 8.26. The monoisotopic (exact) mass is 238 g/mol. The molecule has 0 saturated carbocycles. The molecule has 1 aliphatic rings. The van der Waals surface area contributed by atoms with Crippen LogP contribution in [-0.2, 0) is 4.74 Å². The maximum atomic E-state index is 10.3. The van der Waals surface area contributed by atoms with Gasteiger partial charge in [-0.25, -0.2) is 4.98 Å². The molecular formula is C11H18N4O2. The second kappa shape index (κ2) is 5.29. The van der Waals surface area contributed by atoms with Crippen LogP contribution in [0.3, 0.4) is 0 Å². The molecule has 94 valence electrons. The van der Waals surface area contributed by atoms with E-state index in [2.05, 4.69) is 20.6 Å². The summed E-state index contributed by atoms with van der Waals surface area (Å²) in [5.41, 5.74) is -0.691. The van der Waals surface area contributed by atoms with Gasteiger partial charge in [0.05, 0.1) is 5.60 Å². The number of hydrogen-bond acceptors (Lipinski definition) is 6. The molecule has 6 heteroatoms. The minimum atomic E-state index is -0.691. The van der Waals surface area contributed by atoms with Gasteiger partial charge in [0.25, 0.3) is 0 Å². The van der Waals surface area contributed by atoms with E-state index < -0.39 is 5.60 Å². The highest BCUT2D eigenvalue weighted by molar-refractivity contribution is 5.39. The molecule has 3 N–H and O–H groups in total. The van der Waals surface area contributed by atoms with Crippen molar-refractivity contribution in [1.29, 1.82) is 0 Å². The molecule has 2 rings (SSSR count). The van der Waals surface area contributed by atoms with Crippen molar-refractivity contribution in [2.75, 3.05) is 37.4 Å². The SMILES string of the molecule is CNc1nccc(NCC2(O)CCOCC2)n1. The lowest BCUT2D eigenvalue weighted by Gasteiger charge is -2.32. The van der Waals surface area contributed by atoms with E-state index in [1.54, 1.807) is 19.3 Å². The normalized spacial score (nSPS) is 18.7. The Labute approximate surface area is 100 Å². The van der Waals surface area contributed by atoms with Gasteiger partial charge in [-0.3, -0.25) is 0 Å². The molecule has 0 bridgehead atoms. The molecule has 1 saturated heterocycles. The molecule has 0 spiro atoms. The van der Waals surface area contributed by atoms with E-state index in [0.717, 1.165) is 0 Å². The zero-order chi connectivity index (χ0) is 12.1. The highest BCUT2D eigenvalue weighted by atomic mass is 16.5. The van der Waals surface area contributed by atoms with E-state index in [1.165, 1.54) is 0 Å². The zero-order valence-electron chi connectivity index (χ0n) is 9.94. The van der Waals surface area contributed by atoms with E-state index in [1.807, 2.05) is 0 Å². The molecule has 1 aromatic rings. The van der Waals surface area contributed by atoms with Crippen molar-refractivity contribution in [3.63, 3.8) is 0 Å². The summed E-state index contributed by atoms with van der Waals surface area (Å²) in [5.74, 6) is 1.28. The molecule has 0 unspecified atom stereocenters. The first-order chi connectivity index (χ1) is 8.22. The average molecular weight is 238 g/mol. The number of anilines is 2. The summed E-state index contributed by atoms with van der Waals surface area (Å²) in [6.45, 7) is 1.71. The summed E-state index contributed by atoms with van der Waals surface area (Å²) < 4.78 is 5.23. The van der Waals surface area contributed by atoms with Gasteiger partial charge in [-0.1, -0.05) is 0 Å². The first-order valence-corrected chi connectivity index (χ1v) is 5.77. The van der Waals surface area contributed by atoms with E-state index in [4.69, 9.17) is 4.74 Å². The van der Waals surface area contributed by atoms with Gasteiger partial charge in [0.15, 0.2) is 0 Å². The van der Waals surface area contributed by atoms with Crippen molar-refractivity contribution in [2.45, 2.75) is 18.4 Å². The van der Waals surface area contributed by atoms with Gasteiger partial charge >= 0.3 is 0 Å². The smallest absolute Gasteiger partial charge is 0.224 e. The van der Waals surface area contributed by atoms with Gasteiger partial charge < -0.3 is 20.5 Å². The van der Waals surface area contributed by atoms with Crippen LogP contribution in [-0.4, -0.2) is 47.5 Å². The molecule has 2 heterocycles. The topological polar surface area (TPSA) is 79.3 Å². The van der Waals surface area contributed by atoms with Crippen LogP contribution in [0.4, 0.5) is 11.8 Å². The van der Waals surface area contributed by atoms with Crippen molar-refractivity contribution in [2.24, 2.45) is 0 Å². The highest BCUT2D eigenvalue weighted by Gasteiger charge is 2.29. The number of rotatable bonds is 4. The quantitative estimate of drug-likeness (QED) is 0.707. The summed E-state index contributed by atoms with van der Waals surface area (Å²) in [5, 5.41) is 16.3. The molecule has 6 nitrogen and oxygen atoms in total. The molecule has 0 amide bonds. The van der Waals surface area contributed by atoms with Gasteiger partial charge in [0, 0.05) is 45.8 Å². The Morgan fingerprint density at radius 3 is 2.94 bits per heavy atom. The number of hydrogen-bond donors (Lipinski definition) is 3. The fourth-order valence-electron chi connectivity index (χ4n) is 1.76. The summed E-state index contributed by atoms with van der Waals surface area (Å²) in [6, 6.07) is 1.78. The second-order valence-electron chi connectivity index (χ2n) is 4.21. The van der Waals surface area contributed by atoms with Crippen LogP contribution in [0.15, 0.2) is 12.3 Å². The van der Waals surface area contributed by atoms with Crippen LogP contribution in [0.25, 0.3) is 0 Å². The zero-order valence-corrected chi connectivity index (χ0v) is 9.94. The Morgan fingerprint density at radius 2 is 2.24 bits per heavy atom. The molecule has 0 radical (unpaired) electrons. The largest absolute Gasteiger partial charge is 0.388 e. The van der Waals surface area contributed by atoms with Crippen LogP contribution in [0, 0.1) is 0 Å². The minimum Gasteiger partial charge on any atom is -0.388 e. The predicted molar refractivity (Wildman–Crippen MR) is 65.1 cm³/mol. The van der Waals surface area contributed by atoms with Crippen molar-refractivity contribution in [1.82, 2.24) is 9.97 Å². The molecule has 1 aromatic heterocycles. The highest BCUT2D eigenvalue weighted by Crippen LogP contribution is 2.20. The molecule has 1 aliphatic heterocycles. The maximum Gasteiger partial charge on any atom is 0.224 e. The lowest BCUT2D eigenvalue weighted by Crippen LogP contribution is -2.42. The van der Waals surface area contributed by atoms with Crippen LogP contribution in [0.2, 0.25) is 0 Å². The molecule has 0 aromatic carbocycles. The summed E-state index contributed by atoms with van der Waals surface area (Å²) in [7, 11) is 1.77. The third-order valence-corrected chi connectivity index (χ3v) is 2.90. The molecule has 0 atom stereocenters. The summed E-state index contributed by atoms with van der Waals surface area (Å²) in [6.07, 6.45) is 2.99. The number of nitrogens with zero attached hydrogens (tertiary/aromatic N) is 2. The number of nitrogens with one attached hydrogen (secondary N) is 2. The molecule has 17 heavy (non-hydrogen) atoms. The van der Waals surface area contributed by atoms with E-state index in [9.17, 15) is 5.11 Å². The summed E-state index contributed by atoms with van der Waals surface area (Å²) >= 11 is 0. The Balaban J connectivity index is 1.92. The third-order valence-electron chi connectivity index (χ3n) is 2.90. The van der Waals surface area contributed by atoms with Crippen molar-refractivity contribution in [3.05, 3.63) is 12.3 Å². The molecular weight excluding hydrogens is 220 g/mol. The Kier molecular flexibility index (Phi) is 3.75. The Hall–Kier alpha value is -1.40. The van der Waals surface area contributed by atoms with Crippen LogP contribution >= 0.6 is 0 Å². The van der Waals surface area contributed by atoms with Gasteiger partial charge in [-0.05, 0) is 6.07 Å².